The van der Waals surface area contributed by atoms with E-state index in [1.165, 1.54) is 0 Å². The third kappa shape index (κ3) is 5.11. The smallest absolute Gasteiger partial charge is 0.269 e. The van der Waals surface area contributed by atoms with Gasteiger partial charge < -0.3 is 21.1 Å². The largest absolute Gasteiger partial charge is 0.392 e. The highest BCUT2D eigenvalue weighted by Gasteiger charge is 2.04. The van der Waals surface area contributed by atoms with Crippen molar-refractivity contribution in [1.29, 1.82) is 0 Å². The summed E-state index contributed by atoms with van der Waals surface area (Å²) < 4.78 is 0. The van der Waals surface area contributed by atoms with Crippen molar-refractivity contribution >= 4 is 11.6 Å². The Morgan fingerprint density at radius 3 is 2.94 bits per heavy atom. The number of carbonyl (C=O) groups is 1. The standard InChI is InChI=1S/C12H20N4O2/c1-9(17)8-14-5-6-15-10-3-4-16-11(7-10)12(18)13-2/h3-4,7,9,14,17H,5-6,8H2,1-2H3,(H,13,18)(H,15,16). The number of nitrogens with zero attached hydrogens (tertiary/aromatic N) is 1. The Bertz CT molecular complexity index is 382. The fraction of sp³-hybridized carbons (Fsp3) is 0.500. The molecular formula is C12H20N4O2. The molecule has 6 heteroatoms. The van der Waals surface area contributed by atoms with Gasteiger partial charge in [0.05, 0.1) is 6.10 Å². The molecule has 100 valence electrons. The van der Waals surface area contributed by atoms with Crippen LogP contribution in [-0.4, -0.2) is 48.8 Å². The van der Waals surface area contributed by atoms with E-state index in [-0.39, 0.29) is 12.0 Å². The summed E-state index contributed by atoms with van der Waals surface area (Å²) in [6, 6.07) is 3.51. The summed E-state index contributed by atoms with van der Waals surface area (Å²) in [6.45, 7) is 3.76. The molecule has 1 rings (SSSR count). The number of aliphatic hydroxyl groups excluding tert-OH is 1. The van der Waals surface area contributed by atoms with Crippen LogP contribution in [0.5, 0.6) is 0 Å². The van der Waals surface area contributed by atoms with Crippen molar-refractivity contribution in [3.05, 3.63) is 24.0 Å². The molecule has 18 heavy (non-hydrogen) atoms. The van der Waals surface area contributed by atoms with Crippen molar-refractivity contribution in [2.75, 3.05) is 32.0 Å². The molecular weight excluding hydrogens is 232 g/mol. The first-order valence-electron chi connectivity index (χ1n) is 5.94. The summed E-state index contributed by atoms with van der Waals surface area (Å²) in [6.07, 6.45) is 1.25. The third-order valence-corrected chi connectivity index (χ3v) is 2.29. The van der Waals surface area contributed by atoms with Crippen LogP contribution >= 0.6 is 0 Å². The lowest BCUT2D eigenvalue weighted by molar-refractivity contribution is 0.0958. The first kappa shape index (κ1) is 14.4. The molecule has 6 nitrogen and oxygen atoms in total. The lowest BCUT2D eigenvalue weighted by Crippen LogP contribution is -2.29. The molecule has 1 amide bonds. The summed E-state index contributed by atoms with van der Waals surface area (Å²) in [5.41, 5.74) is 1.24. The minimum Gasteiger partial charge on any atom is -0.392 e. The van der Waals surface area contributed by atoms with E-state index >= 15 is 0 Å². The Kier molecular flexibility index (Phi) is 6.10. The molecule has 0 spiro atoms. The van der Waals surface area contributed by atoms with E-state index in [0.29, 0.717) is 18.8 Å². The Hall–Kier alpha value is -1.66. The van der Waals surface area contributed by atoms with Crippen molar-refractivity contribution in [2.45, 2.75) is 13.0 Å². The van der Waals surface area contributed by atoms with Crippen LogP contribution in [0.1, 0.15) is 17.4 Å². The SMILES string of the molecule is CNC(=O)c1cc(NCCNCC(C)O)ccn1. The van der Waals surface area contributed by atoms with Gasteiger partial charge >= 0.3 is 0 Å². The van der Waals surface area contributed by atoms with E-state index < -0.39 is 0 Å². The zero-order chi connectivity index (χ0) is 13.4. The molecule has 0 aliphatic carbocycles. The molecule has 4 N–H and O–H groups in total. The van der Waals surface area contributed by atoms with Crippen LogP contribution < -0.4 is 16.0 Å². The number of anilines is 1. The van der Waals surface area contributed by atoms with Crippen LogP contribution in [0.4, 0.5) is 5.69 Å². The van der Waals surface area contributed by atoms with Gasteiger partial charge in [0.25, 0.3) is 5.91 Å². The Morgan fingerprint density at radius 1 is 1.50 bits per heavy atom. The van der Waals surface area contributed by atoms with Gasteiger partial charge in [0, 0.05) is 38.6 Å². The molecule has 1 heterocycles. The molecule has 0 aromatic carbocycles. The molecule has 0 aliphatic heterocycles. The van der Waals surface area contributed by atoms with E-state index in [0.717, 1.165) is 12.2 Å². The van der Waals surface area contributed by atoms with Gasteiger partial charge in [-0.1, -0.05) is 0 Å². The number of hydrogen-bond acceptors (Lipinski definition) is 5. The molecule has 1 unspecified atom stereocenters. The predicted molar refractivity (Wildman–Crippen MR) is 70.7 cm³/mol. The highest BCUT2D eigenvalue weighted by Crippen LogP contribution is 2.07. The number of aromatic nitrogens is 1. The average molecular weight is 252 g/mol. The number of rotatable bonds is 7. The van der Waals surface area contributed by atoms with Crippen molar-refractivity contribution in [2.24, 2.45) is 0 Å². The number of carbonyl (C=O) groups excluding carboxylic acids is 1. The highest BCUT2D eigenvalue weighted by molar-refractivity contribution is 5.92. The number of pyridine rings is 1. The number of aliphatic hydroxyl groups is 1. The van der Waals surface area contributed by atoms with E-state index in [1.54, 1.807) is 32.3 Å². The highest BCUT2D eigenvalue weighted by atomic mass is 16.3. The summed E-state index contributed by atoms with van der Waals surface area (Å²) >= 11 is 0. The normalized spacial score (nSPS) is 11.9. The molecule has 0 bridgehead atoms. The Balaban J connectivity index is 2.36. The maximum absolute atomic E-state index is 11.4. The first-order valence-corrected chi connectivity index (χ1v) is 5.94. The first-order chi connectivity index (χ1) is 8.63. The second-order valence-corrected chi connectivity index (χ2v) is 3.99. The van der Waals surface area contributed by atoms with Gasteiger partial charge in [-0.3, -0.25) is 9.78 Å². The molecule has 0 saturated carbocycles. The molecule has 0 radical (unpaired) electrons. The molecule has 0 aliphatic rings. The summed E-state index contributed by atoms with van der Waals surface area (Å²) in [5, 5.41) is 17.9. The van der Waals surface area contributed by atoms with Crippen LogP contribution in [0.15, 0.2) is 18.3 Å². The predicted octanol–water partition coefficient (Wildman–Crippen LogP) is -0.176. The third-order valence-electron chi connectivity index (χ3n) is 2.29. The zero-order valence-electron chi connectivity index (χ0n) is 10.7. The van der Waals surface area contributed by atoms with Crippen LogP contribution in [-0.2, 0) is 0 Å². The van der Waals surface area contributed by atoms with E-state index in [4.69, 9.17) is 5.11 Å². The van der Waals surface area contributed by atoms with Gasteiger partial charge in [-0.05, 0) is 19.1 Å². The topological polar surface area (TPSA) is 86.3 Å². The van der Waals surface area contributed by atoms with E-state index in [1.807, 2.05) is 0 Å². The lowest BCUT2D eigenvalue weighted by Gasteiger charge is -2.09. The number of nitrogens with one attached hydrogen (secondary N) is 3. The summed E-state index contributed by atoms with van der Waals surface area (Å²) in [7, 11) is 1.57. The minimum atomic E-state index is -0.342. The summed E-state index contributed by atoms with van der Waals surface area (Å²) in [4.78, 5) is 15.4. The quantitative estimate of drug-likeness (QED) is 0.506. The van der Waals surface area contributed by atoms with Crippen molar-refractivity contribution in [1.82, 2.24) is 15.6 Å². The number of hydrogen-bond donors (Lipinski definition) is 4. The fourth-order valence-corrected chi connectivity index (χ4v) is 1.40. The van der Waals surface area contributed by atoms with Crippen molar-refractivity contribution in [3.8, 4) is 0 Å². The average Bonchev–Trinajstić information content (AvgIpc) is 2.37. The van der Waals surface area contributed by atoms with Crippen LogP contribution in [0.25, 0.3) is 0 Å². The maximum atomic E-state index is 11.4. The van der Waals surface area contributed by atoms with Crippen molar-refractivity contribution < 1.29 is 9.90 Å². The van der Waals surface area contributed by atoms with E-state index in [9.17, 15) is 4.79 Å². The van der Waals surface area contributed by atoms with Crippen LogP contribution in [0.2, 0.25) is 0 Å². The molecule has 1 aromatic rings. The van der Waals surface area contributed by atoms with Gasteiger partial charge in [-0.15, -0.1) is 0 Å². The molecule has 0 saturated heterocycles. The molecule has 1 atom stereocenters. The van der Waals surface area contributed by atoms with Gasteiger partial charge in [0.2, 0.25) is 0 Å². The fourth-order valence-electron chi connectivity index (χ4n) is 1.40. The maximum Gasteiger partial charge on any atom is 0.269 e. The lowest BCUT2D eigenvalue weighted by atomic mass is 10.3. The second kappa shape index (κ2) is 7.62. The second-order valence-electron chi connectivity index (χ2n) is 3.99. The molecule has 1 aromatic heterocycles. The molecule has 0 fully saturated rings. The summed E-state index contributed by atoms with van der Waals surface area (Å²) in [5.74, 6) is -0.203. The van der Waals surface area contributed by atoms with Crippen LogP contribution in [0, 0.1) is 0 Å². The van der Waals surface area contributed by atoms with Crippen LogP contribution in [0.3, 0.4) is 0 Å². The number of amides is 1. The van der Waals surface area contributed by atoms with Gasteiger partial charge in [-0.25, -0.2) is 0 Å². The Morgan fingerprint density at radius 2 is 2.28 bits per heavy atom. The van der Waals surface area contributed by atoms with Gasteiger partial charge in [0.1, 0.15) is 5.69 Å². The minimum absolute atomic E-state index is 0.203. The van der Waals surface area contributed by atoms with Gasteiger partial charge in [-0.2, -0.15) is 0 Å². The monoisotopic (exact) mass is 252 g/mol. The van der Waals surface area contributed by atoms with Gasteiger partial charge in [0.15, 0.2) is 0 Å². The Labute approximate surface area is 107 Å². The van der Waals surface area contributed by atoms with E-state index in [2.05, 4.69) is 20.9 Å². The zero-order valence-corrected chi connectivity index (χ0v) is 10.7. The van der Waals surface area contributed by atoms with Crippen molar-refractivity contribution in [3.63, 3.8) is 0 Å².